The highest BCUT2D eigenvalue weighted by molar-refractivity contribution is 6.29. The van der Waals surface area contributed by atoms with Gasteiger partial charge < -0.3 is 4.90 Å². The van der Waals surface area contributed by atoms with Gasteiger partial charge in [-0.2, -0.15) is 0 Å². The molecular weight excluding hydrogens is 250 g/mol. The molecule has 5 nitrogen and oxygen atoms in total. The molecule has 0 saturated carbocycles. The zero-order chi connectivity index (χ0) is 12.5. The summed E-state index contributed by atoms with van der Waals surface area (Å²) in [6.07, 6.45) is 3.54. The van der Waals surface area contributed by atoms with Crippen LogP contribution in [0.15, 0.2) is 6.07 Å². The summed E-state index contributed by atoms with van der Waals surface area (Å²) in [5.74, 6) is 1.82. The van der Waals surface area contributed by atoms with E-state index in [-0.39, 0.29) is 0 Å². The summed E-state index contributed by atoms with van der Waals surface area (Å²) in [6.45, 7) is 5.39. The third kappa shape index (κ3) is 2.20. The zero-order valence-corrected chi connectivity index (χ0v) is 11.2. The Morgan fingerprint density at radius 3 is 2.83 bits per heavy atom. The molecule has 0 bridgehead atoms. The van der Waals surface area contributed by atoms with Gasteiger partial charge in [-0.1, -0.05) is 11.6 Å². The second-order valence-corrected chi connectivity index (χ2v) is 5.12. The van der Waals surface area contributed by atoms with Gasteiger partial charge in [0, 0.05) is 19.0 Å². The van der Waals surface area contributed by atoms with Gasteiger partial charge in [-0.25, -0.2) is 4.98 Å². The second-order valence-electron chi connectivity index (χ2n) is 4.73. The van der Waals surface area contributed by atoms with E-state index in [0.29, 0.717) is 5.15 Å². The Hall–Kier alpha value is -1.20. The van der Waals surface area contributed by atoms with Crippen LogP contribution in [-0.2, 0) is 6.42 Å². The molecule has 2 aromatic rings. The van der Waals surface area contributed by atoms with Crippen LogP contribution >= 0.6 is 11.6 Å². The van der Waals surface area contributed by atoms with E-state index < -0.39 is 0 Å². The molecule has 0 atom stereocenters. The largest absolute Gasteiger partial charge is 0.303 e. The van der Waals surface area contributed by atoms with Crippen molar-refractivity contribution >= 4 is 17.2 Å². The molecule has 2 aromatic heterocycles. The van der Waals surface area contributed by atoms with Gasteiger partial charge in [0.15, 0.2) is 5.65 Å². The van der Waals surface area contributed by atoms with E-state index in [2.05, 4.69) is 20.1 Å². The van der Waals surface area contributed by atoms with Crippen LogP contribution in [0.1, 0.15) is 24.5 Å². The number of aromatic nitrogens is 4. The molecule has 0 radical (unpaired) electrons. The third-order valence-corrected chi connectivity index (χ3v) is 3.64. The number of aryl methyl sites for hydroxylation is 1. The Morgan fingerprint density at radius 2 is 2.06 bits per heavy atom. The van der Waals surface area contributed by atoms with E-state index in [1.807, 2.05) is 11.3 Å². The fourth-order valence-corrected chi connectivity index (χ4v) is 2.77. The van der Waals surface area contributed by atoms with E-state index in [1.54, 1.807) is 6.07 Å². The maximum absolute atomic E-state index is 5.91. The van der Waals surface area contributed by atoms with Crippen molar-refractivity contribution in [3.05, 3.63) is 22.9 Å². The van der Waals surface area contributed by atoms with E-state index >= 15 is 0 Å². The van der Waals surface area contributed by atoms with Crippen molar-refractivity contribution in [3.63, 3.8) is 0 Å². The van der Waals surface area contributed by atoms with E-state index in [0.717, 1.165) is 30.3 Å². The predicted octanol–water partition coefficient (Wildman–Crippen LogP) is 1.72. The number of hydrogen-bond donors (Lipinski definition) is 0. The molecule has 3 rings (SSSR count). The number of nitrogens with zero attached hydrogens (tertiary/aromatic N) is 5. The van der Waals surface area contributed by atoms with Gasteiger partial charge in [0.2, 0.25) is 0 Å². The molecule has 0 N–H and O–H groups in total. The lowest BCUT2D eigenvalue weighted by Gasteiger charge is -2.13. The first-order chi connectivity index (χ1) is 8.74. The molecule has 0 amide bonds. The highest BCUT2D eigenvalue weighted by Gasteiger charge is 2.14. The molecule has 1 fully saturated rings. The molecule has 0 aliphatic carbocycles. The summed E-state index contributed by atoms with van der Waals surface area (Å²) >= 11 is 5.91. The summed E-state index contributed by atoms with van der Waals surface area (Å²) in [6, 6.07) is 1.75. The fraction of sp³-hybridized carbons (Fsp3) is 0.583. The Morgan fingerprint density at radius 1 is 1.28 bits per heavy atom. The molecule has 1 saturated heterocycles. The molecule has 0 spiro atoms. The summed E-state index contributed by atoms with van der Waals surface area (Å²) in [5, 5.41) is 8.87. The van der Waals surface area contributed by atoms with Gasteiger partial charge in [0.05, 0.1) is 0 Å². The van der Waals surface area contributed by atoms with Crippen LogP contribution in [-0.4, -0.2) is 44.1 Å². The molecule has 1 aliphatic rings. The molecular formula is C12H16ClN5. The first-order valence-corrected chi connectivity index (χ1v) is 6.71. The number of rotatable bonds is 3. The van der Waals surface area contributed by atoms with Gasteiger partial charge in [-0.05, 0) is 32.9 Å². The van der Waals surface area contributed by atoms with Crippen molar-refractivity contribution in [2.75, 3.05) is 19.6 Å². The Bertz CT molecular complexity index is 559. The fourth-order valence-electron chi connectivity index (χ4n) is 2.55. The highest BCUT2D eigenvalue weighted by atomic mass is 35.5. The Labute approximate surface area is 111 Å². The quantitative estimate of drug-likeness (QED) is 0.793. The normalized spacial score (nSPS) is 16.8. The minimum absolute atomic E-state index is 0.471. The van der Waals surface area contributed by atoms with Crippen LogP contribution in [0, 0.1) is 6.92 Å². The Kier molecular flexibility index (Phi) is 3.18. The minimum atomic E-state index is 0.471. The molecule has 6 heteroatoms. The van der Waals surface area contributed by atoms with Crippen molar-refractivity contribution in [1.82, 2.24) is 24.5 Å². The third-order valence-electron chi connectivity index (χ3n) is 3.45. The maximum atomic E-state index is 5.91. The van der Waals surface area contributed by atoms with Crippen molar-refractivity contribution in [2.24, 2.45) is 0 Å². The van der Waals surface area contributed by atoms with Crippen molar-refractivity contribution in [2.45, 2.75) is 26.2 Å². The highest BCUT2D eigenvalue weighted by Crippen LogP contribution is 2.13. The second kappa shape index (κ2) is 4.82. The lowest BCUT2D eigenvalue weighted by Crippen LogP contribution is -2.22. The van der Waals surface area contributed by atoms with E-state index in [1.165, 1.54) is 25.9 Å². The van der Waals surface area contributed by atoms with Crippen LogP contribution in [0.4, 0.5) is 0 Å². The molecule has 1 aliphatic heterocycles. The van der Waals surface area contributed by atoms with Crippen LogP contribution in [0.2, 0.25) is 5.15 Å². The van der Waals surface area contributed by atoms with Gasteiger partial charge in [0.25, 0.3) is 0 Å². The van der Waals surface area contributed by atoms with Crippen molar-refractivity contribution < 1.29 is 0 Å². The molecule has 0 aromatic carbocycles. The first kappa shape index (κ1) is 11.9. The summed E-state index contributed by atoms with van der Waals surface area (Å²) in [4.78, 5) is 6.72. The average molecular weight is 266 g/mol. The first-order valence-electron chi connectivity index (χ1n) is 6.33. The molecule has 18 heavy (non-hydrogen) atoms. The average Bonchev–Trinajstić information content (AvgIpc) is 2.94. The minimum Gasteiger partial charge on any atom is -0.303 e. The van der Waals surface area contributed by atoms with E-state index in [4.69, 9.17) is 11.6 Å². The van der Waals surface area contributed by atoms with Gasteiger partial charge in [0.1, 0.15) is 16.8 Å². The maximum Gasteiger partial charge on any atom is 0.165 e. The smallest absolute Gasteiger partial charge is 0.165 e. The van der Waals surface area contributed by atoms with Crippen molar-refractivity contribution in [1.29, 1.82) is 0 Å². The van der Waals surface area contributed by atoms with Crippen LogP contribution in [0.3, 0.4) is 0 Å². The summed E-state index contributed by atoms with van der Waals surface area (Å²) in [7, 11) is 0. The van der Waals surface area contributed by atoms with Crippen LogP contribution in [0.5, 0.6) is 0 Å². The topological polar surface area (TPSA) is 46.3 Å². The van der Waals surface area contributed by atoms with Crippen LogP contribution in [0.25, 0.3) is 5.65 Å². The SMILES string of the molecule is Cc1nc(Cl)cc2nnc(CCN3CCCC3)n12. The van der Waals surface area contributed by atoms with Crippen LogP contribution < -0.4 is 0 Å². The summed E-state index contributed by atoms with van der Waals surface area (Å²) < 4.78 is 1.99. The number of halogens is 1. The summed E-state index contributed by atoms with van der Waals surface area (Å²) in [5.41, 5.74) is 0.781. The predicted molar refractivity (Wildman–Crippen MR) is 69.9 cm³/mol. The monoisotopic (exact) mass is 265 g/mol. The zero-order valence-electron chi connectivity index (χ0n) is 10.4. The number of likely N-dealkylation sites (tertiary alicyclic amines) is 1. The Balaban J connectivity index is 1.83. The van der Waals surface area contributed by atoms with Crippen molar-refractivity contribution in [3.8, 4) is 0 Å². The van der Waals surface area contributed by atoms with Gasteiger partial charge >= 0.3 is 0 Å². The lowest BCUT2D eigenvalue weighted by molar-refractivity contribution is 0.340. The lowest BCUT2D eigenvalue weighted by atomic mass is 10.3. The number of fused-ring (bicyclic) bond motifs is 1. The van der Waals surface area contributed by atoms with Gasteiger partial charge in [-0.3, -0.25) is 4.40 Å². The van der Waals surface area contributed by atoms with Gasteiger partial charge in [-0.15, -0.1) is 10.2 Å². The van der Waals surface area contributed by atoms with E-state index in [9.17, 15) is 0 Å². The number of hydrogen-bond acceptors (Lipinski definition) is 4. The molecule has 96 valence electrons. The standard InChI is InChI=1S/C12H16ClN5/c1-9-14-10(13)8-12-16-15-11(18(9)12)4-7-17-5-2-3-6-17/h8H,2-7H2,1H3. The molecule has 3 heterocycles. The molecule has 0 unspecified atom stereocenters.